The number of unbranched alkanes of at least 4 members (excludes halogenated alkanes) is 3. The van der Waals surface area contributed by atoms with Crippen LogP contribution in [0.3, 0.4) is 0 Å². The molecule has 53 heavy (non-hydrogen) atoms. The van der Waals surface area contributed by atoms with E-state index in [4.69, 9.17) is 15.9 Å². The third-order valence-corrected chi connectivity index (χ3v) is 9.04. The normalized spacial score (nSPS) is 12.8. The van der Waals surface area contributed by atoms with E-state index in [0.717, 1.165) is 28.7 Å². The van der Waals surface area contributed by atoms with Crippen LogP contribution in [0.5, 0.6) is 0 Å². The van der Waals surface area contributed by atoms with Crippen molar-refractivity contribution in [1.29, 1.82) is 5.41 Å². The Kier molecular flexibility index (Phi) is 17.5. The number of carbonyl (C=O) groups is 3. The highest BCUT2D eigenvalue weighted by atomic mass is 17.0. The Bertz CT molecular complexity index is 1610. The van der Waals surface area contributed by atoms with E-state index < -0.39 is 29.1 Å². The van der Waals surface area contributed by atoms with E-state index in [1.165, 1.54) is 0 Å². The second-order valence-corrected chi connectivity index (χ2v) is 13.7. The average molecular weight is 735 g/mol. The van der Waals surface area contributed by atoms with Gasteiger partial charge in [0, 0.05) is 31.4 Å². The van der Waals surface area contributed by atoms with E-state index in [-0.39, 0.29) is 43.0 Å². The lowest BCUT2D eigenvalue weighted by atomic mass is 9.88. The maximum atomic E-state index is 14.2. The van der Waals surface area contributed by atoms with Gasteiger partial charge in [-0.2, -0.15) is 5.21 Å². The molecule has 3 aromatic rings. The molecule has 3 rings (SSSR count). The number of H-pyrrole nitrogens is 1. The molecule has 3 unspecified atom stereocenters. The summed E-state index contributed by atoms with van der Waals surface area (Å²) in [4.78, 5) is 58.2. The van der Waals surface area contributed by atoms with Gasteiger partial charge in [-0.25, -0.2) is 0 Å². The highest BCUT2D eigenvalue weighted by molar-refractivity contribution is 5.92. The van der Waals surface area contributed by atoms with Gasteiger partial charge >= 0.3 is 5.97 Å². The number of Topliss-reactive ketones (excluding diaryl/α,β-unsaturated/α-hetero) is 1. The van der Waals surface area contributed by atoms with Crippen LogP contribution in [-0.4, -0.2) is 72.9 Å². The van der Waals surface area contributed by atoms with E-state index in [9.17, 15) is 24.5 Å². The van der Waals surface area contributed by atoms with Crippen molar-refractivity contribution in [2.75, 3.05) is 6.61 Å². The molecule has 0 saturated heterocycles. The minimum Gasteiger partial charge on any atom is -0.465 e. The van der Waals surface area contributed by atoms with Gasteiger partial charge in [-0.05, 0) is 73.3 Å². The number of hydrogen-bond acceptors (Lipinski definition) is 11. The van der Waals surface area contributed by atoms with Crippen molar-refractivity contribution < 1.29 is 29.0 Å². The Morgan fingerprint density at radius 1 is 0.962 bits per heavy atom. The molecule has 0 aliphatic heterocycles. The standard InChI is InChI=1S/C38H54N8O7/c1-5-6-18-35(48)45(25-28-19-21-29(22-20-28)31-15-8-9-16-32(31)37-41-43-44-42-37)36(26(2)3)33(47)24-30(14-7-10-17-34(39)40)38(49)52-23-12-11-13-27(4)53-46(50)51/h8-9,15-16,19-22,26-27,30,36H,5-7,10-14,17-18,23-25H2,1-4H3,(H3,39,40)(H,41,42,43,44). The summed E-state index contributed by atoms with van der Waals surface area (Å²) in [5.41, 5.74) is 9.06. The Hall–Kier alpha value is -5.21. The van der Waals surface area contributed by atoms with Crippen LogP contribution in [0.15, 0.2) is 48.5 Å². The number of nitrogens with zero attached hydrogens (tertiary/aromatic N) is 5. The van der Waals surface area contributed by atoms with E-state index in [1.54, 1.807) is 11.8 Å². The van der Waals surface area contributed by atoms with Gasteiger partial charge in [0.25, 0.3) is 5.09 Å². The van der Waals surface area contributed by atoms with Gasteiger partial charge in [0.05, 0.1) is 24.4 Å². The molecule has 1 heterocycles. The van der Waals surface area contributed by atoms with Crippen LogP contribution in [0.4, 0.5) is 0 Å². The third kappa shape index (κ3) is 14.0. The first kappa shape index (κ1) is 42.2. The minimum absolute atomic E-state index is 0.0563. The van der Waals surface area contributed by atoms with Crippen molar-refractivity contribution in [2.45, 2.75) is 117 Å². The predicted octanol–water partition coefficient (Wildman–Crippen LogP) is 6.46. The highest BCUT2D eigenvalue weighted by Crippen LogP contribution is 2.31. The quantitative estimate of drug-likeness (QED) is 0.0214. The van der Waals surface area contributed by atoms with Gasteiger partial charge < -0.3 is 20.2 Å². The number of aromatic nitrogens is 4. The molecule has 1 aromatic heterocycles. The number of nitrogens with two attached hydrogens (primary N) is 1. The van der Waals surface area contributed by atoms with Crippen molar-refractivity contribution in [2.24, 2.45) is 17.6 Å². The number of ketones is 1. The first-order chi connectivity index (χ1) is 25.4. The molecule has 0 bridgehead atoms. The highest BCUT2D eigenvalue weighted by Gasteiger charge is 2.35. The second-order valence-electron chi connectivity index (χ2n) is 13.7. The maximum Gasteiger partial charge on any atom is 0.309 e. The van der Waals surface area contributed by atoms with Crippen LogP contribution in [0.25, 0.3) is 22.5 Å². The Balaban J connectivity index is 1.79. The molecule has 0 saturated carbocycles. The molecule has 3 atom stereocenters. The van der Waals surface area contributed by atoms with Crippen molar-refractivity contribution in [3.63, 3.8) is 0 Å². The van der Waals surface area contributed by atoms with Gasteiger partial charge in [0.15, 0.2) is 5.78 Å². The topological polar surface area (TPSA) is 220 Å². The number of tetrazole rings is 1. The van der Waals surface area contributed by atoms with Crippen LogP contribution in [0, 0.1) is 27.4 Å². The molecule has 0 fully saturated rings. The zero-order valence-electron chi connectivity index (χ0n) is 31.3. The fourth-order valence-electron chi connectivity index (χ4n) is 6.31. The smallest absolute Gasteiger partial charge is 0.309 e. The zero-order valence-corrected chi connectivity index (χ0v) is 31.3. The van der Waals surface area contributed by atoms with Crippen molar-refractivity contribution >= 4 is 23.5 Å². The van der Waals surface area contributed by atoms with Crippen LogP contribution < -0.4 is 5.73 Å². The molecule has 0 aliphatic rings. The molecule has 0 aliphatic carbocycles. The zero-order chi connectivity index (χ0) is 38.8. The lowest BCUT2D eigenvalue weighted by Gasteiger charge is -2.34. The molecule has 2 aromatic carbocycles. The fraction of sp³-hybridized carbons (Fsp3) is 0.553. The molecule has 288 valence electrons. The SMILES string of the molecule is CCCCC(=O)N(Cc1ccc(-c2ccccc2-c2nn[nH]n2)cc1)C(C(=O)CC(CCCCC(=N)N)C(=O)OCCCCC(C)O[N+](=O)[O-])C(C)C. The summed E-state index contributed by atoms with van der Waals surface area (Å²) in [5.74, 6) is -1.27. The fourth-order valence-corrected chi connectivity index (χ4v) is 6.31. The molecule has 15 nitrogen and oxygen atoms in total. The van der Waals surface area contributed by atoms with Crippen molar-refractivity contribution in [1.82, 2.24) is 25.5 Å². The number of ether oxygens (including phenoxy) is 1. The average Bonchev–Trinajstić information content (AvgIpc) is 3.66. The van der Waals surface area contributed by atoms with E-state index in [2.05, 4.69) is 25.5 Å². The first-order valence-electron chi connectivity index (χ1n) is 18.5. The minimum atomic E-state index is -0.821. The van der Waals surface area contributed by atoms with Gasteiger partial charge in [-0.3, -0.25) is 19.8 Å². The Labute approximate surface area is 311 Å². The van der Waals surface area contributed by atoms with Crippen molar-refractivity contribution in [3.05, 3.63) is 64.2 Å². The molecule has 0 spiro atoms. The van der Waals surface area contributed by atoms with E-state index >= 15 is 0 Å². The molecular formula is C38H54N8O7. The summed E-state index contributed by atoms with van der Waals surface area (Å²) in [6.45, 7) is 7.75. The number of hydrogen-bond donors (Lipinski definition) is 3. The number of amidine groups is 1. The number of esters is 1. The van der Waals surface area contributed by atoms with Gasteiger partial charge in [-0.1, -0.05) is 82.1 Å². The second kappa shape index (κ2) is 22.0. The Morgan fingerprint density at radius 2 is 1.66 bits per heavy atom. The van der Waals surface area contributed by atoms with Gasteiger partial charge in [-0.15, -0.1) is 20.3 Å². The Morgan fingerprint density at radius 3 is 2.28 bits per heavy atom. The number of amides is 1. The monoisotopic (exact) mass is 734 g/mol. The largest absolute Gasteiger partial charge is 0.465 e. The summed E-state index contributed by atoms with van der Waals surface area (Å²) >= 11 is 0. The molecule has 1 amide bonds. The molecule has 0 radical (unpaired) electrons. The number of aromatic amines is 1. The summed E-state index contributed by atoms with van der Waals surface area (Å²) in [6.07, 6.45) is 4.51. The van der Waals surface area contributed by atoms with E-state index in [0.29, 0.717) is 63.6 Å². The number of carbonyl (C=O) groups excluding carboxylic acids is 3. The molecule has 15 heteroatoms. The first-order valence-corrected chi connectivity index (χ1v) is 18.5. The van der Waals surface area contributed by atoms with Crippen LogP contribution in [0.2, 0.25) is 0 Å². The lowest BCUT2D eigenvalue weighted by molar-refractivity contribution is -0.767. The van der Waals surface area contributed by atoms with Gasteiger partial charge in [0.2, 0.25) is 11.7 Å². The van der Waals surface area contributed by atoms with Crippen LogP contribution >= 0.6 is 0 Å². The third-order valence-electron chi connectivity index (χ3n) is 9.04. The molecular weight excluding hydrogens is 680 g/mol. The summed E-state index contributed by atoms with van der Waals surface area (Å²) in [6, 6.07) is 14.8. The molecule has 4 N–H and O–H groups in total. The van der Waals surface area contributed by atoms with Gasteiger partial charge in [0.1, 0.15) is 6.10 Å². The maximum absolute atomic E-state index is 14.2. The number of nitrogens with one attached hydrogen (secondary N) is 2. The van der Waals surface area contributed by atoms with Crippen LogP contribution in [-0.2, 0) is 30.5 Å². The lowest BCUT2D eigenvalue weighted by Crippen LogP contribution is -2.48. The van der Waals surface area contributed by atoms with Crippen LogP contribution in [0.1, 0.15) is 104 Å². The van der Waals surface area contributed by atoms with Crippen molar-refractivity contribution in [3.8, 4) is 22.5 Å². The summed E-state index contributed by atoms with van der Waals surface area (Å²) < 4.78 is 5.60. The predicted molar refractivity (Wildman–Crippen MR) is 200 cm³/mol. The number of rotatable bonds is 25. The summed E-state index contributed by atoms with van der Waals surface area (Å²) in [5, 5.41) is 31.7. The number of benzene rings is 2. The van der Waals surface area contributed by atoms with E-state index in [1.807, 2.05) is 69.3 Å². The summed E-state index contributed by atoms with van der Waals surface area (Å²) in [7, 11) is 0.